The van der Waals surface area contributed by atoms with E-state index < -0.39 is 0 Å². The van der Waals surface area contributed by atoms with Gasteiger partial charge in [-0.1, -0.05) is 35.2 Å². The Bertz CT molecular complexity index is 962. The van der Waals surface area contributed by atoms with Gasteiger partial charge in [0.15, 0.2) is 15.8 Å². The SMILES string of the molecule is O=C(CSc1nnc(NCCc2cccs2)s1)NCCc1ccc2c(c1)OCCO2. The van der Waals surface area contributed by atoms with E-state index in [1.807, 2.05) is 18.2 Å². The van der Waals surface area contributed by atoms with Crippen LogP contribution in [0, 0.1) is 0 Å². The number of hydrogen-bond acceptors (Lipinski definition) is 9. The van der Waals surface area contributed by atoms with E-state index in [0.717, 1.165) is 45.9 Å². The van der Waals surface area contributed by atoms with Crippen molar-refractivity contribution in [1.82, 2.24) is 15.5 Å². The van der Waals surface area contributed by atoms with Crippen molar-refractivity contribution in [2.45, 2.75) is 17.2 Å². The minimum absolute atomic E-state index is 0.0139. The molecule has 4 rings (SSSR count). The van der Waals surface area contributed by atoms with Crippen molar-refractivity contribution >= 4 is 45.5 Å². The van der Waals surface area contributed by atoms with Crippen LogP contribution in [0.25, 0.3) is 0 Å². The molecule has 0 saturated carbocycles. The van der Waals surface area contributed by atoms with Gasteiger partial charge in [0.1, 0.15) is 13.2 Å². The summed E-state index contributed by atoms with van der Waals surface area (Å²) in [6.07, 6.45) is 1.70. The fraction of sp³-hybridized carbons (Fsp3) is 0.350. The summed E-state index contributed by atoms with van der Waals surface area (Å²) in [5, 5.41) is 17.4. The second kappa shape index (κ2) is 10.6. The van der Waals surface area contributed by atoms with Gasteiger partial charge in [0.2, 0.25) is 11.0 Å². The van der Waals surface area contributed by atoms with Crippen molar-refractivity contribution in [3.8, 4) is 11.5 Å². The number of ether oxygens (including phenoxy) is 2. The predicted octanol–water partition coefficient (Wildman–Crippen LogP) is 3.48. The van der Waals surface area contributed by atoms with Crippen molar-refractivity contribution in [2.24, 2.45) is 0 Å². The fourth-order valence-electron chi connectivity index (χ4n) is 2.85. The number of rotatable bonds is 10. The number of carbonyl (C=O) groups excluding carboxylic acids is 1. The molecule has 0 bridgehead atoms. The lowest BCUT2D eigenvalue weighted by molar-refractivity contribution is -0.118. The zero-order valence-corrected chi connectivity index (χ0v) is 18.7. The van der Waals surface area contributed by atoms with E-state index in [0.29, 0.717) is 25.5 Å². The first-order valence-electron chi connectivity index (χ1n) is 9.64. The highest BCUT2D eigenvalue weighted by molar-refractivity contribution is 8.01. The van der Waals surface area contributed by atoms with Gasteiger partial charge in [-0.15, -0.1) is 21.5 Å². The van der Waals surface area contributed by atoms with E-state index in [9.17, 15) is 4.79 Å². The molecule has 1 amide bonds. The molecule has 0 unspecified atom stereocenters. The third kappa shape index (κ3) is 6.10. The normalized spacial score (nSPS) is 12.5. The average Bonchev–Trinajstić information content (AvgIpc) is 3.44. The molecule has 1 aliphatic heterocycles. The number of fused-ring (bicyclic) bond motifs is 1. The first-order chi connectivity index (χ1) is 14.8. The molecule has 1 aromatic carbocycles. The van der Waals surface area contributed by atoms with E-state index >= 15 is 0 Å². The summed E-state index contributed by atoms with van der Waals surface area (Å²) in [6, 6.07) is 10.1. The van der Waals surface area contributed by atoms with Crippen molar-refractivity contribution in [3.63, 3.8) is 0 Å². The Morgan fingerprint density at radius 2 is 2.00 bits per heavy atom. The van der Waals surface area contributed by atoms with E-state index in [4.69, 9.17) is 9.47 Å². The highest BCUT2D eigenvalue weighted by atomic mass is 32.2. The van der Waals surface area contributed by atoms with Gasteiger partial charge in [0.05, 0.1) is 5.75 Å². The summed E-state index contributed by atoms with van der Waals surface area (Å²) < 4.78 is 11.9. The second-order valence-electron chi connectivity index (χ2n) is 6.50. The Kier molecular flexibility index (Phi) is 7.44. The number of anilines is 1. The molecule has 0 atom stereocenters. The number of nitrogens with one attached hydrogen (secondary N) is 2. The van der Waals surface area contributed by atoms with E-state index in [1.165, 1.54) is 28.0 Å². The maximum absolute atomic E-state index is 12.1. The van der Waals surface area contributed by atoms with Gasteiger partial charge < -0.3 is 20.1 Å². The number of thiophene rings is 1. The van der Waals surface area contributed by atoms with Gasteiger partial charge in [0, 0.05) is 18.0 Å². The molecule has 30 heavy (non-hydrogen) atoms. The van der Waals surface area contributed by atoms with Crippen LogP contribution in [0.4, 0.5) is 5.13 Å². The fourth-order valence-corrected chi connectivity index (χ4v) is 5.17. The molecular weight excluding hydrogens is 440 g/mol. The zero-order valence-electron chi connectivity index (χ0n) is 16.3. The Labute approximate surface area is 187 Å². The summed E-state index contributed by atoms with van der Waals surface area (Å²) in [5.74, 6) is 1.87. The molecule has 0 radical (unpaired) electrons. The monoisotopic (exact) mass is 462 g/mol. The van der Waals surface area contributed by atoms with Crippen LogP contribution in [0.3, 0.4) is 0 Å². The zero-order chi connectivity index (χ0) is 20.6. The van der Waals surface area contributed by atoms with Crippen LogP contribution < -0.4 is 20.1 Å². The number of aromatic nitrogens is 2. The lowest BCUT2D eigenvalue weighted by Gasteiger charge is -2.18. The Hall–Kier alpha value is -2.30. The van der Waals surface area contributed by atoms with Crippen LogP contribution in [0.5, 0.6) is 11.5 Å². The molecule has 10 heteroatoms. The van der Waals surface area contributed by atoms with Gasteiger partial charge in [-0.25, -0.2) is 0 Å². The third-order valence-electron chi connectivity index (χ3n) is 4.30. The number of benzene rings is 1. The largest absolute Gasteiger partial charge is 0.486 e. The van der Waals surface area contributed by atoms with Crippen LogP contribution in [0.15, 0.2) is 40.1 Å². The molecule has 0 aliphatic carbocycles. The van der Waals surface area contributed by atoms with E-state index in [-0.39, 0.29) is 5.91 Å². The van der Waals surface area contributed by atoms with Crippen LogP contribution in [0.2, 0.25) is 0 Å². The average molecular weight is 463 g/mol. The number of carbonyl (C=O) groups is 1. The quantitative estimate of drug-likeness (QED) is 0.446. The van der Waals surface area contributed by atoms with E-state index in [2.05, 4.69) is 38.3 Å². The van der Waals surface area contributed by atoms with Crippen LogP contribution >= 0.6 is 34.4 Å². The van der Waals surface area contributed by atoms with Crippen LogP contribution in [-0.4, -0.2) is 48.2 Å². The summed E-state index contributed by atoms with van der Waals surface area (Å²) in [6.45, 7) is 2.55. The lowest BCUT2D eigenvalue weighted by Crippen LogP contribution is -2.27. The Morgan fingerprint density at radius 1 is 1.10 bits per heavy atom. The maximum Gasteiger partial charge on any atom is 0.230 e. The van der Waals surface area contributed by atoms with Gasteiger partial charge in [-0.3, -0.25) is 4.79 Å². The van der Waals surface area contributed by atoms with Gasteiger partial charge in [-0.05, 0) is 42.0 Å². The molecular formula is C20H22N4O3S3. The second-order valence-corrected chi connectivity index (χ2v) is 9.73. The summed E-state index contributed by atoms with van der Waals surface area (Å²) >= 11 is 4.63. The first-order valence-corrected chi connectivity index (χ1v) is 12.3. The molecule has 0 fully saturated rings. The number of thioether (sulfide) groups is 1. The minimum Gasteiger partial charge on any atom is -0.486 e. The van der Waals surface area contributed by atoms with Gasteiger partial charge in [-0.2, -0.15) is 0 Å². The van der Waals surface area contributed by atoms with Gasteiger partial charge in [0.25, 0.3) is 0 Å². The van der Waals surface area contributed by atoms with Crippen LogP contribution in [-0.2, 0) is 17.6 Å². The minimum atomic E-state index is -0.0139. The summed E-state index contributed by atoms with van der Waals surface area (Å²) in [5.41, 5.74) is 1.11. The number of amides is 1. The Morgan fingerprint density at radius 3 is 2.87 bits per heavy atom. The maximum atomic E-state index is 12.1. The molecule has 3 aromatic rings. The topological polar surface area (TPSA) is 85.4 Å². The first kappa shape index (κ1) is 21.0. The standard InChI is InChI=1S/C20H22N4O3S3/c25-18(21-7-5-14-3-4-16-17(12-14)27-10-9-26-16)13-29-20-24-23-19(30-20)22-8-6-15-2-1-11-28-15/h1-4,11-12H,5-10,13H2,(H,21,25)(H,22,23). The summed E-state index contributed by atoms with van der Waals surface area (Å²) in [4.78, 5) is 13.5. The molecule has 0 saturated heterocycles. The van der Waals surface area contributed by atoms with E-state index in [1.54, 1.807) is 11.3 Å². The van der Waals surface area contributed by atoms with Crippen molar-refractivity contribution < 1.29 is 14.3 Å². The third-order valence-corrected chi connectivity index (χ3v) is 7.25. The van der Waals surface area contributed by atoms with Crippen molar-refractivity contribution in [1.29, 1.82) is 0 Å². The van der Waals surface area contributed by atoms with Crippen molar-refractivity contribution in [3.05, 3.63) is 46.2 Å². The molecule has 2 N–H and O–H groups in total. The molecule has 3 heterocycles. The van der Waals surface area contributed by atoms with Gasteiger partial charge >= 0.3 is 0 Å². The lowest BCUT2D eigenvalue weighted by atomic mass is 10.1. The van der Waals surface area contributed by atoms with Crippen molar-refractivity contribution in [2.75, 3.05) is 37.4 Å². The highest BCUT2D eigenvalue weighted by Crippen LogP contribution is 2.30. The molecule has 1 aliphatic rings. The molecule has 0 spiro atoms. The predicted molar refractivity (Wildman–Crippen MR) is 121 cm³/mol. The smallest absolute Gasteiger partial charge is 0.230 e. The molecule has 7 nitrogen and oxygen atoms in total. The van der Waals surface area contributed by atoms with Crippen LogP contribution in [0.1, 0.15) is 10.4 Å². The molecule has 158 valence electrons. The molecule has 2 aromatic heterocycles. The Balaban J connectivity index is 1.13. The summed E-state index contributed by atoms with van der Waals surface area (Å²) in [7, 11) is 0. The number of hydrogen-bond donors (Lipinski definition) is 2. The number of nitrogens with zero attached hydrogens (tertiary/aromatic N) is 2. The highest BCUT2D eigenvalue weighted by Gasteiger charge is 2.12.